The molecule has 0 atom stereocenters. The van der Waals surface area contributed by atoms with Gasteiger partial charge in [0.25, 0.3) is 0 Å². The van der Waals surface area contributed by atoms with Crippen LogP contribution in [-0.2, 0) is 17.5 Å². The number of halogens is 4. The molecule has 28 heavy (non-hydrogen) atoms. The molecule has 2 aromatic heterocycles. The zero-order valence-corrected chi connectivity index (χ0v) is 15.0. The van der Waals surface area contributed by atoms with Gasteiger partial charge in [-0.3, -0.25) is 10.3 Å². The Morgan fingerprint density at radius 3 is 2.68 bits per heavy atom. The van der Waals surface area contributed by atoms with Gasteiger partial charge in [-0.2, -0.15) is 13.2 Å². The summed E-state index contributed by atoms with van der Waals surface area (Å²) in [6.07, 6.45) is -2.25. The Labute approximate surface area is 163 Å². The van der Waals surface area contributed by atoms with Gasteiger partial charge in [0.05, 0.1) is 22.0 Å². The lowest BCUT2D eigenvalue weighted by Gasteiger charge is -2.12. The van der Waals surface area contributed by atoms with E-state index in [1.807, 2.05) is 6.07 Å². The van der Waals surface area contributed by atoms with E-state index >= 15 is 0 Å². The Hall–Kier alpha value is -3.13. The summed E-state index contributed by atoms with van der Waals surface area (Å²) in [5.41, 5.74) is 0.803. The summed E-state index contributed by atoms with van der Waals surface area (Å²) in [6.45, 7) is -0.153. The molecule has 0 saturated carbocycles. The van der Waals surface area contributed by atoms with Crippen LogP contribution in [0.2, 0.25) is 5.02 Å². The molecule has 144 valence electrons. The van der Waals surface area contributed by atoms with Gasteiger partial charge in [-0.05, 0) is 42.5 Å². The van der Waals surface area contributed by atoms with Crippen molar-refractivity contribution in [1.82, 2.24) is 9.97 Å². The van der Waals surface area contributed by atoms with Gasteiger partial charge in [0.1, 0.15) is 6.61 Å². The fourth-order valence-electron chi connectivity index (χ4n) is 2.35. The lowest BCUT2D eigenvalue weighted by Crippen LogP contribution is -2.15. The standard InChI is InChI=1S/C19H13ClF3N3O2/c20-16-7-6-13(9-15(16)19(21,22)23)26-18(27)28-11-14-4-1-5-17(25-14)12-3-2-8-24-10-12/h1-10H,11H2,(H,26,27). The number of hydrogen-bond donors (Lipinski definition) is 1. The van der Waals surface area contributed by atoms with Crippen molar-refractivity contribution in [1.29, 1.82) is 0 Å². The summed E-state index contributed by atoms with van der Waals surface area (Å²) < 4.78 is 43.7. The number of rotatable bonds is 4. The van der Waals surface area contributed by atoms with E-state index in [-0.39, 0.29) is 12.3 Å². The number of ether oxygens (including phenoxy) is 1. The van der Waals surface area contributed by atoms with Gasteiger partial charge in [0.15, 0.2) is 0 Å². The minimum Gasteiger partial charge on any atom is -0.443 e. The minimum absolute atomic E-state index is 0.0844. The molecule has 0 unspecified atom stereocenters. The first-order valence-electron chi connectivity index (χ1n) is 8.00. The van der Waals surface area contributed by atoms with E-state index in [1.54, 1.807) is 36.7 Å². The van der Waals surface area contributed by atoms with Crippen LogP contribution < -0.4 is 5.32 Å². The van der Waals surface area contributed by atoms with Gasteiger partial charge < -0.3 is 4.74 Å². The molecule has 0 spiro atoms. The quantitative estimate of drug-likeness (QED) is 0.614. The molecule has 0 aliphatic carbocycles. The van der Waals surface area contributed by atoms with Crippen LogP contribution in [0.25, 0.3) is 11.3 Å². The maximum Gasteiger partial charge on any atom is 0.417 e. The third-order valence-corrected chi connectivity index (χ3v) is 3.96. The zero-order valence-electron chi connectivity index (χ0n) is 14.2. The Morgan fingerprint density at radius 1 is 1.14 bits per heavy atom. The highest BCUT2D eigenvalue weighted by Gasteiger charge is 2.33. The number of amides is 1. The van der Waals surface area contributed by atoms with Gasteiger partial charge in [-0.1, -0.05) is 17.7 Å². The molecule has 3 rings (SSSR count). The smallest absolute Gasteiger partial charge is 0.417 e. The van der Waals surface area contributed by atoms with E-state index in [0.29, 0.717) is 11.4 Å². The van der Waals surface area contributed by atoms with E-state index in [1.165, 1.54) is 6.07 Å². The Balaban J connectivity index is 1.64. The van der Waals surface area contributed by atoms with Crippen LogP contribution in [0.15, 0.2) is 60.9 Å². The number of hydrogen-bond acceptors (Lipinski definition) is 4. The van der Waals surface area contributed by atoms with Crippen molar-refractivity contribution >= 4 is 23.4 Å². The van der Waals surface area contributed by atoms with E-state index in [2.05, 4.69) is 15.3 Å². The summed E-state index contributed by atoms with van der Waals surface area (Å²) in [4.78, 5) is 20.3. The topological polar surface area (TPSA) is 64.1 Å². The second-order valence-corrected chi connectivity index (χ2v) is 6.06. The molecule has 0 aliphatic rings. The molecule has 1 amide bonds. The SMILES string of the molecule is O=C(Nc1ccc(Cl)c(C(F)(F)F)c1)OCc1cccc(-c2cccnc2)n1. The first-order valence-corrected chi connectivity index (χ1v) is 8.37. The van der Waals surface area contributed by atoms with Crippen LogP contribution in [0.3, 0.4) is 0 Å². The minimum atomic E-state index is -4.63. The largest absolute Gasteiger partial charge is 0.443 e. The number of carbonyl (C=O) groups excluding carboxylic acids is 1. The van der Waals surface area contributed by atoms with Crippen molar-refractivity contribution in [2.75, 3.05) is 5.32 Å². The predicted molar refractivity (Wildman–Crippen MR) is 97.7 cm³/mol. The maximum absolute atomic E-state index is 12.9. The number of alkyl halides is 3. The number of benzene rings is 1. The molecule has 3 aromatic rings. The third-order valence-electron chi connectivity index (χ3n) is 3.63. The van der Waals surface area contributed by atoms with E-state index in [9.17, 15) is 18.0 Å². The molecule has 5 nitrogen and oxygen atoms in total. The van der Waals surface area contributed by atoms with Crippen molar-refractivity contribution in [3.8, 4) is 11.3 Å². The van der Waals surface area contributed by atoms with Crippen LogP contribution in [0, 0.1) is 0 Å². The van der Waals surface area contributed by atoms with E-state index < -0.39 is 22.9 Å². The highest BCUT2D eigenvalue weighted by atomic mass is 35.5. The van der Waals surface area contributed by atoms with Crippen LogP contribution in [0.5, 0.6) is 0 Å². The summed E-state index contributed by atoms with van der Waals surface area (Å²) in [6, 6.07) is 11.9. The fourth-order valence-corrected chi connectivity index (χ4v) is 2.57. The van der Waals surface area contributed by atoms with Gasteiger partial charge >= 0.3 is 12.3 Å². The normalized spacial score (nSPS) is 11.1. The molecule has 0 aliphatic heterocycles. The molecule has 0 radical (unpaired) electrons. The summed E-state index contributed by atoms with van der Waals surface area (Å²) >= 11 is 5.55. The Kier molecular flexibility index (Phi) is 5.79. The third kappa shape index (κ3) is 4.98. The molecule has 0 fully saturated rings. The molecule has 1 aromatic carbocycles. The lowest BCUT2D eigenvalue weighted by atomic mass is 10.2. The Bertz CT molecular complexity index is 982. The van der Waals surface area contributed by atoms with E-state index in [0.717, 1.165) is 17.7 Å². The van der Waals surface area contributed by atoms with Crippen molar-refractivity contribution < 1.29 is 22.7 Å². The van der Waals surface area contributed by atoms with Crippen LogP contribution in [-0.4, -0.2) is 16.1 Å². The highest BCUT2D eigenvalue weighted by Crippen LogP contribution is 2.36. The van der Waals surface area contributed by atoms with Gasteiger partial charge in [0.2, 0.25) is 0 Å². The number of nitrogens with zero attached hydrogens (tertiary/aromatic N) is 2. The molecule has 1 N–H and O–H groups in total. The predicted octanol–water partition coefficient (Wildman–Crippen LogP) is 5.56. The summed E-state index contributed by atoms with van der Waals surface area (Å²) in [5.74, 6) is 0. The number of aromatic nitrogens is 2. The Morgan fingerprint density at radius 2 is 1.96 bits per heavy atom. The van der Waals surface area contributed by atoms with Crippen LogP contribution >= 0.6 is 11.6 Å². The van der Waals surface area contributed by atoms with E-state index in [4.69, 9.17) is 16.3 Å². The van der Waals surface area contributed by atoms with Gasteiger partial charge in [-0.15, -0.1) is 0 Å². The zero-order chi connectivity index (χ0) is 20.1. The lowest BCUT2D eigenvalue weighted by molar-refractivity contribution is -0.137. The molecular formula is C19H13ClF3N3O2. The summed E-state index contributed by atoms with van der Waals surface area (Å²) in [5, 5.41) is 1.78. The van der Waals surface area contributed by atoms with Gasteiger partial charge in [-0.25, -0.2) is 9.78 Å². The van der Waals surface area contributed by atoms with Crippen molar-refractivity contribution in [2.24, 2.45) is 0 Å². The average molecular weight is 408 g/mol. The van der Waals surface area contributed by atoms with Crippen molar-refractivity contribution in [3.05, 3.63) is 77.2 Å². The monoisotopic (exact) mass is 407 g/mol. The molecular weight excluding hydrogens is 395 g/mol. The first kappa shape index (κ1) is 19.6. The second kappa shape index (κ2) is 8.26. The first-order chi connectivity index (χ1) is 13.3. The second-order valence-electron chi connectivity index (χ2n) is 5.65. The number of anilines is 1. The number of carbonyl (C=O) groups is 1. The molecule has 9 heteroatoms. The van der Waals surface area contributed by atoms with Gasteiger partial charge in [0, 0.05) is 23.6 Å². The fraction of sp³-hybridized carbons (Fsp3) is 0.105. The molecule has 2 heterocycles. The van der Waals surface area contributed by atoms with Crippen LogP contribution in [0.1, 0.15) is 11.3 Å². The summed E-state index contributed by atoms with van der Waals surface area (Å²) in [7, 11) is 0. The highest BCUT2D eigenvalue weighted by molar-refractivity contribution is 6.31. The number of nitrogens with one attached hydrogen (secondary N) is 1. The number of pyridine rings is 2. The maximum atomic E-state index is 12.9. The van der Waals surface area contributed by atoms with Crippen LogP contribution in [0.4, 0.5) is 23.7 Å². The molecule has 0 bridgehead atoms. The average Bonchev–Trinajstić information content (AvgIpc) is 2.68. The van der Waals surface area contributed by atoms with Crippen molar-refractivity contribution in [2.45, 2.75) is 12.8 Å². The van der Waals surface area contributed by atoms with Crippen molar-refractivity contribution in [3.63, 3.8) is 0 Å². The molecule has 0 saturated heterocycles.